The van der Waals surface area contributed by atoms with E-state index < -0.39 is 10.0 Å². The molecule has 0 heterocycles. The molecule has 0 radical (unpaired) electrons. The molecule has 1 aliphatic carbocycles. The Balaban J connectivity index is 2.14. The number of rotatable bonds is 4. The van der Waals surface area contributed by atoms with Crippen LogP contribution in [0.1, 0.15) is 38.2 Å². The summed E-state index contributed by atoms with van der Waals surface area (Å²) in [6.45, 7) is 3.81. The maximum atomic E-state index is 12.3. The monoisotopic (exact) mass is 267 g/mol. The lowest BCUT2D eigenvalue weighted by Gasteiger charge is -2.20. The van der Waals surface area contributed by atoms with Crippen molar-refractivity contribution < 1.29 is 8.42 Å². The van der Waals surface area contributed by atoms with E-state index in [4.69, 9.17) is 0 Å². The Kier molecular flexibility index (Phi) is 4.07. The smallest absolute Gasteiger partial charge is 0.208 e. The van der Waals surface area contributed by atoms with E-state index in [2.05, 4.69) is 4.72 Å². The first kappa shape index (κ1) is 13.6. The highest BCUT2D eigenvalue weighted by Crippen LogP contribution is 2.28. The van der Waals surface area contributed by atoms with Crippen molar-refractivity contribution in [2.24, 2.45) is 5.92 Å². The van der Waals surface area contributed by atoms with E-state index in [-0.39, 0.29) is 6.04 Å². The van der Waals surface area contributed by atoms with Gasteiger partial charge in [0.1, 0.15) is 0 Å². The summed E-state index contributed by atoms with van der Waals surface area (Å²) in [6.07, 6.45) is 4.72. The van der Waals surface area contributed by atoms with Gasteiger partial charge in [0.15, 0.2) is 0 Å². The third-order valence-electron chi connectivity index (χ3n) is 3.83. The van der Waals surface area contributed by atoms with E-state index in [9.17, 15) is 8.42 Å². The number of benzene rings is 1. The average molecular weight is 267 g/mol. The van der Waals surface area contributed by atoms with E-state index >= 15 is 0 Å². The van der Waals surface area contributed by atoms with Crippen LogP contribution in [0.3, 0.4) is 0 Å². The van der Waals surface area contributed by atoms with Crippen LogP contribution in [0.2, 0.25) is 0 Å². The first-order valence-corrected chi connectivity index (χ1v) is 8.07. The minimum atomic E-state index is -3.38. The molecule has 1 saturated carbocycles. The van der Waals surface area contributed by atoms with Gasteiger partial charge >= 0.3 is 0 Å². The molecule has 100 valence electrons. The van der Waals surface area contributed by atoms with Gasteiger partial charge in [-0.25, -0.2) is 13.1 Å². The Morgan fingerprint density at radius 3 is 2.44 bits per heavy atom. The number of aryl methyl sites for hydroxylation is 1. The molecule has 0 bridgehead atoms. The van der Waals surface area contributed by atoms with Crippen LogP contribution >= 0.6 is 0 Å². The van der Waals surface area contributed by atoms with Gasteiger partial charge in [0, 0.05) is 6.04 Å². The maximum Gasteiger partial charge on any atom is 0.241 e. The largest absolute Gasteiger partial charge is 0.241 e. The Hall–Kier alpha value is -0.870. The van der Waals surface area contributed by atoms with Gasteiger partial charge in [0.2, 0.25) is 10.0 Å². The molecule has 1 aromatic rings. The highest BCUT2D eigenvalue weighted by molar-refractivity contribution is 7.89. The van der Waals surface area contributed by atoms with Crippen molar-refractivity contribution in [3.05, 3.63) is 29.8 Å². The second-order valence-electron chi connectivity index (χ2n) is 5.22. The molecule has 0 amide bonds. The molecule has 4 heteroatoms. The van der Waals surface area contributed by atoms with Gasteiger partial charge in [-0.3, -0.25) is 0 Å². The lowest BCUT2D eigenvalue weighted by Crippen LogP contribution is -2.37. The van der Waals surface area contributed by atoms with Crippen LogP contribution in [0.4, 0.5) is 0 Å². The second-order valence-corrected chi connectivity index (χ2v) is 6.90. The second kappa shape index (κ2) is 5.41. The fourth-order valence-corrected chi connectivity index (χ4v) is 4.28. The van der Waals surface area contributed by atoms with Crippen molar-refractivity contribution in [1.29, 1.82) is 0 Å². The summed E-state index contributed by atoms with van der Waals surface area (Å²) in [5.74, 6) is 0.490. The predicted molar refractivity (Wildman–Crippen MR) is 72.9 cm³/mol. The molecule has 1 N–H and O–H groups in total. The van der Waals surface area contributed by atoms with Crippen molar-refractivity contribution in [3.63, 3.8) is 0 Å². The van der Waals surface area contributed by atoms with Crippen LogP contribution < -0.4 is 4.72 Å². The third-order valence-corrected chi connectivity index (χ3v) is 5.55. The molecule has 18 heavy (non-hydrogen) atoms. The number of hydrogen-bond donors (Lipinski definition) is 1. The summed E-state index contributed by atoms with van der Waals surface area (Å²) < 4.78 is 27.4. The van der Waals surface area contributed by atoms with E-state index in [1.54, 1.807) is 12.1 Å². The lowest BCUT2D eigenvalue weighted by molar-refractivity contribution is 0.424. The minimum Gasteiger partial charge on any atom is -0.208 e. The van der Waals surface area contributed by atoms with Gasteiger partial charge in [-0.05, 0) is 44.2 Å². The zero-order valence-corrected chi connectivity index (χ0v) is 11.8. The SMILES string of the molecule is Cc1ccccc1S(=O)(=O)N[C@H](C)C1CCCC1. The Morgan fingerprint density at radius 1 is 1.22 bits per heavy atom. The van der Waals surface area contributed by atoms with Crippen molar-refractivity contribution in [3.8, 4) is 0 Å². The molecular weight excluding hydrogens is 246 g/mol. The van der Waals surface area contributed by atoms with Crippen LogP contribution in [0.25, 0.3) is 0 Å². The summed E-state index contributed by atoms with van der Waals surface area (Å²) in [6, 6.07) is 7.14. The third kappa shape index (κ3) is 2.93. The van der Waals surface area contributed by atoms with E-state index in [0.29, 0.717) is 10.8 Å². The molecule has 2 rings (SSSR count). The molecule has 0 spiro atoms. The van der Waals surface area contributed by atoms with E-state index in [1.165, 1.54) is 12.8 Å². The summed E-state index contributed by atoms with van der Waals surface area (Å²) >= 11 is 0. The molecule has 1 fully saturated rings. The normalized spacial score (nSPS) is 19.0. The van der Waals surface area contributed by atoms with Crippen molar-refractivity contribution in [1.82, 2.24) is 4.72 Å². The maximum absolute atomic E-state index is 12.3. The lowest BCUT2D eigenvalue weighted by atomic mass is 10.0. The van der Waals surface area contributed by atoms with Crippen molar-refractivity contribution in [2.45, 2.75) is 50.5 Å². The van der Waals surface area contributed by atoms with Gasteiger partial charge in [0.25, 0.3) is 0 Å². The highest BCUT2D eigenvalue weighted by atomic mass is 32.2. The van der Waals surface area contributed by atoms with Crippen LogP contribution in [0.5, 0.6) is 0 Å². The standard InChI is InChI=1S/C14H21NO2S/c1-11-7-3-6-10-14(11)18(16,17)15-12(2)13-8-4-5-9-13/h3,6-7,10,12-13,15H,4-5,8-9H2,1-2H3/t12-/m1/s1. The number of sulfonamides is 1. The first-order valence-electron chi connectivity index (χ1n) is 6.58. The number of hydrogen-bond acceptors (Lipinski definition) is 2. The van der Waals surface area contributed by atoms with Crippen LogP contribution in [-0.2, 0) is 10.0 Å². The molecular formula is C14H21NO2S. The quantitative estimate of drug-likeness (QED) is 0.911. The van der Waals surface area contributed by atoms with Gasteiger partial charge in [-0.2, -0.15) is 0 Å². The molecule has 3 nitrogen and oxygen atoms in total. The Morgan fingerprint density at radius 2 is 1.83 bits per heavy atom. The fourth-order valence-electron chi connectivity index (χ4n) is 2.72. The summed E-state index contributed by atoms with van der Waals surface area (Å²) in [5.41, 5.74) is 0.795. The average Bonchev–Trinajstić information content (AvgIpc) is 2.82. The van der Waals surface area contributed by atoms with Crippen LogP contribution in [-0.4, -0.2) is 14.5 Å². The van der Waals surface area contributed by atoms with Gasteiger partial charge in [-0.1, -0.05) is 31.0 Å². The zero-order chi connectivity index (χ0) is 13.2. The highest BCUT2D eigenvalue weighted by Gasteiger charge is 2.26. The summed E-state index contributed by atoms with van der Waals surface area (Å²) in [5, 5.41) is 0. The summed E-state index contributed by atoms with van der Waals surface area (Å²) in [4.78, 5) is 0.398. The van der Waals surface area contributed by atoms with Crippen LogP contribution in [0.15, 0.2) is 29.2 Å². The molecule has 1 aromatic carbocycles. The Bertz CT molecular complexity index is 504. The minimum absolute atomic E-state index is 0.0251. The van der Waals surface area contributed by atoms with Crippen molar-refractivity contribution >= 4 is 10.0 Å². The fraction of sp³-hybridized carbons (Fsp3) is 0.571. The molecule has 0 aromatic heterocycles. The van der Waals surface area contributed by atoms with Gasteiger partial charge in [0.05, 0.1) is 4.90 Å². The number of nitrogens with one attached hydrogen (secondary N) is 1. The summed E-state index contributed by atoms with van der Waals surface area (Å²) in [7, 11) is -3.38. The predicted octanol–water partition coefficient (Wildman–Crippen LogP) is 2.85. The van der Waals surface area contributed by atoms with Gasteiger partial charge in [-0.15, -0.1) is 0 Å². The topological polar surface area (TPSA) is 46.2 Å². The molecule has 0 aliphatic heterocycles. The van der Waals surface area contributed by atoms with Crippen molar-refractivity contribution in [2.75, 3.05) is 0 Å². The van der Waals surface area contributed by atoms with Gasteiger partial charge < -0.3 is 0 Å². The zero-order valence-electron chi connectivity index (χ0n) is 11.0. The Labute approximate surface area is 110 Å². The molecule has 0 unspecified atom stereocenters. The molecule has 0 saturated heterocycles. The van der Waals surface area contributed by atoms with E-state index in [0.717, 1.165) is 18.4 Å². The molecule has 1 aliphatic rings. The molecule has 1 atom stereocenters. The van der Waals surface area contributed by atoms with E-state index in [1.807, 2.05) is 26.0 Å². The van der Waals surface area contributed by atoms with Crippen LogP contribution in [0, 0.1) is 12.8 Å². The first-order chi connectivity index (χ1) is 8.50.